The predicted octanol–water partition coefficient (Wildman–Crippen LogP) is 5.63. The predicted molar refractivity (Wildman–Crippen MR) is 131 cm³/mol. The molecule has 0 aliphatic carbocycles. The van der Waals surface area contributed by atoms with Crippen molar-refractivity contribution >= 4 is 23.4 Å². The van der Waals surface area contributed by atoms with E-state index >= 15 is 0 Å². The molecule has 0 aromatic heterocycles. The second-order valence-electron chi connectivity index (χ2n) is 9.73. The molecule has 8 heteroatoms. The average Bonchev–Trinajstić information content (AvgIpc) is 2.85. The quantitative estimate of drug-likeness (QED) is 0.512. The third kappa shape index (κ3) is 6.13. The molecule has 2 aliphatic rings. The zero-order valence-electron chi connectivity index (χ0n) is 20.0. The van der Waals surface area contributed by atoms with E-state index in [1.165, 1.54) is 6.07 Å². The van der Waals surface area contributed by atoms with Gasteiger partial charge in [0.25, 0.3) is 5.91 Å². The fourth-order valence-electron chi connectivity index (χ4n) is 4.91. The highest BCUT2D eigenvalue weighted by Crippen LogP contribution is 2.38. The molecule has 5 nitrogen and oxygen atoms in total. The van der Waals surface area contributed by atoms with Gasteiger partial charge in [-0.2, -0.15) is 0 Å². The van der Waals surface area contributed by atoms with Gasteiger partial charge in [-0.05, 0) is 74.9 Å². The van der Waals surface area contributed by atoms with Crippen molar-refractivity contribution in [3.8, 4) is 5.75 Å². The van der Waals surface area contributed by atoms with Crippen molar-refractivity contribution in [3.63, 3.8) is 0 Å². The Morgan fingerprint density at radius 2 is 1.69 bits per heavy atom. The number of carbonyl (C=O) groups is 2. The third-order valence-electron chi connectivity index (χ3n) is 7.18. The van der Waals surface area contributed by atoms with Crippen LogP contribution >= 0.6 is 11.6 Å². The summed E-state index contributed by atoms with van der Waals surface area (Å²) in [6, 6.07) is 8.46. The SMILES string of the molecule is Cc1cc(OCC2(CC(=O)N3CCCCC3)CCN(C(=O)c3ccc(F)cc3F)CC2)ccc1Cl. The van der Waals surface area contributed by atoms with E-state index in [4.69, 9.17) is 16.3 Å². The number of ether oxygens (including phenoxy) is 1. The number of halogens is 3. The first-order valence-corrected chi connectivity index (χ1v) is 12.6. The Hall–Kier alpha value is -2.67. The average molecular weight is 505 g/mol. The number of rotatable bonds is 6. The van der Waals surface area contributed by atoms with Crippen molar-refractivity contribution in [1.82, 2.24) is 9.80 Å². The van der Waals surface area contributed by atoms with Crippen molar-refractivity contribution in [3.05, 3.63) is 64.2 Å². The van der Waals surface area contributed by atoms with E-state index in [1.807, 2.05) is 24.0 Å². The Morgan fingerprint density at radius 3 is 2.34 bits per heavy atom. The Morgan fingerprint density at radius 1 is 0.971 bits per heavy atom. The third-order valence-corrected chi connectivity index (χ3v) is 7.61. The molecule has 0 N–H and O–H groups in total. The molecule has 0 saturated carbocycles. The second kappa shape index (κ2) is 10.9. The van der Waals surface area contributed by atoms with Gasteiger partial charge in [0.2, 0.25) is 5.91 Å². The highest BCUT2D eigenvalue weighted by atomic mass is 35.5. The van der Waals surface area contributed by atoms with E-state index in [1.54, 1.807) is 11.0 Å². The zero-order chi connectivity index (χ0) is 25.0. The van der Waals surface area contributed by atoms with E-state index in [2.05, 4.69) is 0 Å². The van der Waals surface area contributed by atoms with Gasteiger partial charge in [0.05, 0.1) is 12.2 Å². The summed E-state index contributed by atoms with van der Waals surface area (Å²) >= 11 is 6.14. The Bertz CT molecular complexity index is 1080. The summed E-state index contributed by atoms with van der Waals surface area (Å²) in [4.78, 5) is 29.6. The fourth-order valence-corrected chi connectivity index (χ4v) is 5.03. The second-order valence-corrected chi connectivity index (χ2v) is 10.1. The molecular weight excluding hydrogens is 474 g/mol. The molecule has 0 radical (unpaired) electrons. The van der Waals surface area contributed by atoms with Crippen LogP contribution < -0.4 is 4.74 Å². The molecule has 0 bridgehead atoms. The number of likely N-dealkylation sites (tertiary alicyclic amines) is 2. The first kappa shape index (κ1) is 25.4. The number of nitrogens with zero attached hydrogens (tertiary/aromatic N) is 2. The standard InChI is InChI=1S/C27H31ClF2N2O3/c1-19-15-21(6-8-23(19)28)35-18-27(17-25(33)31-11-3-2-4-12-31)9-13-32(14-10-27)26(34)22-7-5-20(29)16-24(22)30/h5-8,15-16H,2-4,9-14,17-18H2,1H3. The van der Waals surface area contributed by atoms with Crippen LogP contribution in [0.15, 0.2) is 36.4 Å². The van der Waals surface area contributed by atoms with Crippen LogP contribution in [-0.2, 0) is 4.79 Å². The van der Waals surface area contributed by atoms with Gasteiger partial charge in [0.15, 0.2) is 0 Å². The van der Waals surface area contributed by atoms with Crippen molar-refractivity contribution in [2.75, 3.05) is 32.8 Å². The maximum absolute atomic E-state index is 14.2. The number of amides is 2. The lowest BCUT2D eigenvalue weighted by atomic mass is 9.75. The van der Waals surface area contributed by atoms with Crippen LogP contribution in [0.1, 0.15) is 54.4 Å². The summed E-state index contributed by atoms with van der Waals surface area (Å²) in [5, 5.41) is 0.659. The largest absolute Gasteiger partial charge is 0.493 e. The van der Waals surface area contributed by atoms with Gasteiger partial charge >= 0.3 is 0 Å². The maximum atomic E-state index is 14.2. The van der Waals surface area contributed by atoms with E-state index < -0.39 is 23.0 Å². The van der Waals surface area contributed by atoms with Crippen molar-refractivity contribution < 1.29 is 23.1 Å². The zero-order valence-corrected chi connectivity index (χ0v) is 20.8. The number of carbonyl (C=O) groups excluding carboxylic acids is 2. The van der Waals surface area contributed by atoms with E-state index in [0.717, 1.165) is 50.0 Å². The van der Waals surface area contributed by atoms with Crippen LogP contribution in [0.2, 0.25) is 5.02 Å². The van der Waals surface area contributed by atoms with Gasteiger partial charge < -0.3 is 14.5 Å². The summed E-state index contributed by atoms with van der Waals surface area (Å²) in [7, 11) is 0. The van der Waals surface area contributed by atoms with Crippen LogP contribution in [0, 0.1) is 24.0 Å². The first-order valence-electron chi connectivity index (χ1n) is 12.2. The molecule has 2 aromatic rings. The number of aryl methyl sites for hydroxylation is 1. The van der Waals surface area contributed by atoms with Gasteiger partial charge in [0.1, 0.15) is 17.4 Å². The normalized spacial score (nSPS) is 17.8. The molecule has 35 heavy (non-hydrogen) atoms. The molecular formula is C27H31ClF2N2O3. The van der Waals surface area contributed by atoms with Crippen LogP contribution in [0.25, 0.3) is 0 Å². The molecule has 2 heterocycles. The van der Waals surface area contributed by atoms with Gasteiger partial charge in [-0.3, -0.25) is 9.59 Å². The minimum absolute atomic E-state index is 0.116. The van der Waals surface area contributed by atoms with Crippen molar-refractivity contribution in [1.29, 1.82) is 0 Å². The lowest BCUT2D eigenvalue weighted by Crippen LogP contribution is -2.48. The fraction of sp³-hybridized carbons (Fsp3) is 0.481. The molecule has 2 fully saturated rings. The van der Waals surface area contributed by atoms with Crippen LogP contribution in [0.3, 0.4) is 0 Å². The van der Waals surface area contributed by atoms with E-state index in [0.29, 0.717) is 49.7 Å². The highest BCUT2D eigenvalue weighted by Gasteiger charge is 2.40. The number of hydrogen-bond donors (Lipinski definition) is 0. The highest BCUT2D eigenvalue weighted by molar-refractivity contribution is 6.31. The summed E-state index contributed by atoms with van der Waals surface area (Å²) in [5.74, 6) is -1.25. The van der Waals surface area contributed by atoms with Gasteiger partial charge in [-0.15, -0.1) is 0 Å². The molecule has 0 atom stereocenters. The monoisotopic (exact) mass is 504 g/mol. The van der Waals surface area contributed by atoms with Crippen LogP contribution in [0.4, 0.5) is 8.78 Å². The lowest BCUT2D eigenvalue weighted by Gasteiger charge is -2.42. The van der Waals surface area contributed by atoms with Gasteiger partial charge in [0, 0.05) is 49.1 Å². The first-order chi connectivity index (χ1) is 16.8. The van der Waals surface area contributed by atoms with Crippen molar-refractivity contribution in [2.24, 2.45) is 5.41 Å². The van der Waals surface area contributed by atoms with Crippen LogP contribution in [-0.4, -0.2) is 54.4 Å². The summed E-state index contributed by atoms with van der Waals surface area (Å²) in [6.45, 7) is 4.53. The number of benzene rings is 2. The molecule has 2 aliphatic heterocycles. The molecule has 2 aromatic carbocycles. The minimum Gasteiger partial charge on any atom is -0.493 e. The number of hydrogen-bond acceptors (Lipinski definition) is 3. The molecule has 188 valence electrons. The lowest BCUT2D eigenvalue weighted by molar-refractivity contribution is -0.136. The number of piperidine rings is 2. The summed E-state index contributed by atoms with van der Waals surface area (Å²) in [5.41, 5.74) is 0.320. The maximum Gasteiger partial charge on any atom is 0.256 e. The van der Waals surface area contributed by atoms with Gasteiger partial charge in [-0.25, -0.2) is 8.78 Å². The summed E-state index contributed by atoms with van der Waals surface area (Å²) in [6.07, 6.45) is 4.62. The van der Waals surface area contributed by atoms with E-state index in [9.17, 15) is 18.4 Å². The topological polar surface area (TPSA) is 49.9 Å². The Labute approximate surface area is 210 Å². The Kier molecular flexibility index (Phi) is 7.95. The summed E-state index contributed by atoms with van der Waals surface area (Å²) < 4.78 is 33.6. The van der Waals surface area contributed by atoms with Crippen LogP contribution in [0.5, 0.6) is 5.75 Å². The molecule has 4 rings (SSSR count). The van der Waals surface area contributed by atoms with E-state index in [-0.39, 0.29) is 11.5 Å². The molecule has 2 amide bonds. The minimum atomic E-state index is -0.867. The molecule has 0 spiro atoms. The van der Waals surface area contributed by atoms with Gasteiger partial charge in [-0.1, -0.05) is 11.6 Å². The molecule has 2 saturated heterocycles. The Balaban J connectivity index is 1.47. The smallest absolute Gasteiger partial charge is 0.256 e. The van der Waals surface area contributed by atoms with Crippen molar-refractivity contribution in [2.45, 2.75) is 45.4 Å². The molecule has 0 unspecified atom stereocenters.